The Morgan fingerprint density at radius 2 is 1.87 bits per heavy atom. The minimum atomic E-state index is 0.550. The Morgan fingerprint density at radius 1 is 1.20 bits per heavy atom. The van der Waals surface area contributed by atoms with E-state index in [2.05, 4.69) is 43.1 Å². The summed E-state index contributed by atoms with van der Waals surface area (Å²) >= 11 is 0. The van der Waals surface area contributed by atoms with Crippen LogP contribution in [0.2, 0.25) is 0 Å². The summed E-state index contributed by atoms with van der Waals surface area (Å²) in [5, 5.41) is 8.38. The molecule has 2 heteroatoms. The average Bonchev–Trinajstić information content (AvgIpc) is 2.20. The summed E-state index contributed by atoms with van der Waals surface area (Å²) in [6, 6.07) is 0. The molecule has 0 aliphatic heterocycles. The summed E-state index contributed by atoms with van der Waals surface area (Å²) in [7, 11) is 0. The van der Waals surface area contributed by atoms with Gasteiger partial charge < -0.3 is 0 Å². The molecule has 0 aliphatic rings. The molecule has 0 radical (unpaired) electrons. The van der Waals surface area contributed by atoms with E-state index in [0.29, 0.717) is 5.92 Å². The van der Waals surface area contributed by atoms with Crippen LogP contribution in [0.1, 0.15) is 53.9 Å². The fourth-order valence-electron chi connectivity index (χ4n) is 1.41. The fraction of sp³-hybridized carbons (Fsp3) is 0.692. The molecule has 0 heterocycles. The van der Waals surface area contributed by atoms with Crippen molar-refractivity contribution in [2.45, 2.75) is 53.9 Å². The van der Waals surface area contributed by atoms with Crippen LogP contribution in [0.25, 0.3) is 0 Å². The molecule has 1 unspecified atom stereocenters. The number of allylic oxidation sites excluding steroid dienone is 2. The highest BCUT2D eigenvalue weighted by Gasteiger charge is 2.09. The van der Waals surface area contributed by atoms with Crippen LogP contribution in [0.3, 0.4) is 0 Å². The van der Waals surface area contributed by atoms with Gasteiger partial charge in [-0.25, -0.2) is 0 Å². The maximum absolute atomic E-state index is 4.27. The van der Waals surface area contributed by atoms with Gasteiger partial charge in [-0.05, 0) is 40.5 Å². The highest BCUT2D eigenvalue weighted by atomic mass is 15.2. The van der Waals surface area contributed by atoms with Crippen LogP contribution in [-0.4, -0.2) is 11.4 Å². The van der Waals surface area contributed by atoms with E-state index in [4.69, 9.17) is 0 Å². The third-order valence-corrected chi connectivity index (χ3v) is 2.29. The van der Waals surface area contributed by atoms with Crippen LogP contribution < -0.4 is 0 Å². The predicted molar refractivity (Wildman–Crippen MR) is 69.7 cm³/mol. The Balaban J connectivity index is 4.45. The van der Waals surface area contributed by atoms with Crippen molar-refractivity contribution in [2.24, 2.45) is 16.1 Å². The second-order valence-electron chi connectivity index (χ2n) is 4.08. The molecule has 0 aromatic heterocycles. The summed E-state index contributed by atoms with van der Waals surface area (Å²) in [5.74, 6) is 0.550. The summed E-state index contributed by atoms with van der Waals surface area (Å²) < 4.78 is 0. The predicted octanol–water partition coefficient (Wildman–Crippen LogP) is 4.23. The lowest BCUT2D eigenvalue weighted by Gasteiger charge is -2.12. The maximum atomic E-state index is 4.27. The van der Waals surface area contributed by atoms with E-state index in [1.54, 1.807) is 0 Å². The summed E-state index contributed by atoms with van der Waals surface area (Å²) in [4.78, 5) is 0. The van der Waals surface area contributed by atoms with Crippen molar-refractivity contribution < 1.29 is 0 Å². The van der Waals surface area contributed by atoms with Crippen molar-refractivity contribution in [3.05, 3.63) is 12.2 Å². The molecule has 1 atom stereocenters. The standard InChI is InChI=1S/C13H24N2/c1-6-8-10-13(9-7-2)12(5)15-14-11(3)4/h6,8,13H,7,9-10H2,1-5H3/b8-6?,15-12+. The van der Waals surface area contributed by atoms with E-state index in [1.807, 2.05) is 13.8 Å². The van der Waals surface area contributed by atoms with Gasteiger partial charge in [-0.1, -0.05) is 25.5 Å². The van der Waals surface area contributed by atoms with Crippen molar-refractivity contribution >= 4 is 11.4 Å². The van der Waals surface area contributed by atoms with Gasteiger partial charge in [0.05, 0.1) is 0 Å². The van der Waals surface area contributed by atoms with E-state index in [1.165, 1.54) is 12.8 Å². The zero-order valence-corrected chi connectivity index (χ0v) is 10.7. The second kappa shape index (κ2) is 8.39. The zero-order chi connectivity index (χ0) is 11.7. The van der Waals surface area contributed by atoms with Gasteiger partial charge in [-0.15, -0.1) is 0 Å². The molecule has 15 heavy (non-hydrogen) atoms. The number of hydrogen-bond acceptors (Lipinski definition) is 2. The third-order valence-electron chi connectivity index (χ3n) is 2.29. The Morgan fingerprint density at radius 3 is 2.33 bits per heavy atom. The van der Waals surface area contributed by atoms with E-state index in [0.717, 1.165) is 17.8 Å². The van der Waals surface area contributed by atoms with Crippen molar-refractivity contribution in [1.82, 2.24) is 0 Å². The van der Waals surface area contributed by atoms with Gasteiger partial charge in [0.1, 0.15) is 0 Å². The lowest BCUT2D eigenvalue weighted by atomic mass is 9.95. The van der Waals surface area contributed by atoms with Crippen molar-refractivity contribution in [2.75, 3.05) is 0 Å². The molecule has 0 saturated heterocycles. The molecule has 2 nitrogen and oxygen atoms in total. The quantitative estimate of drug-likeness (QED) is 0.354. The van der Waals surface area contributed by atoms with Gasteiger partial charge in [0.25, 0.3) is 0 Å². The monoisotopic (exact) mass is 208 g/mol. The van der Waals surface area contributed by atoms with Crippen LogP contribution in [-0.2, 0) is 0 Å². The Bertz CT molecular complexity index is 245. The molecule has 0 N–H and O–H groups in total. The first-order valence-corrected chi connectivity index (χ1v) is 5.78. The first kappa shape index (κ1) is 14.1. The van der Waals surface area contributed by atoms with Gasteiger partial charge in [0.15, 0.2) is 0 Å². The molecule has 0 amide bonds. The summed E-state index contributed by atoms with van der Waals surface area (Å²) in [5.41, 5.74) is 2.16. The molecule has 0 fully saturated rings. The minimum absolute atomic E-state index is 0.550. The smallest absolute Gasteiger partial charge is 0.0408 e. The molecule has 0 aliphatic carbocycles. The highest BCUT2D eigenvalue weighted by Crippen LogP contribution is 2.14. The van der Waals surface area contributed by atoms with Crippen molar-refractivity contribution in [1.29, 1.82) is 0 Å². The van der Waals surface area contributed by atoms with Crippen LogP contribution in [0.5, 0.6) is 0 Å². The molecule has 0 rings (SSSR count). The van der Waals surface area contributed by atoms with Gasteiger partial charge in [0, 0.05) is 17.3 Å². The van der Waals surface area contributed by atoms with Crippen LogP contribution in [0, 0.1) is 5.92 Å². The normalized spacial score (nSPS) is 14.3. The SMILES string of the molecule is CC=CCC(CCC)/C(C)=N/N=C(C)C. The number of rotatable bonds is 6. The largest absolute Gasteiger partial charge is 0.161 e. The van der Waals surface area contributed by atoms with E-state index < -0.39 is 0 Å². The molecule has 0 aromatic rings. The average molecular weight is 208 g/mol. The summed E-state index contributed by atoms with van der Waals surface area (Å²) in [6.07, 6.45) is 7.78. The molecule has 0 aromatic carbocycles. The Kier molecular flexibility index (Phi) is 7.88. The Labute approximate surface area is 94.2 Å². The minimum Gasteiger partial charge on any atom is -0.161 e. The molecule has 86 valence electrons. The highest BCUT2D eigenvalue weighted by molar-refractivity contribution is 5.86. The number of hydrogen-bond donors (Lipinski definition) is 0. The zero-order valence-electron chi connectivity index (χ0n) is 10.7. The van der Waals surface area contributed by atoms with Gasteiger partial charge in [-0.3, -0.25) is 0 Å². The first-order chi connectivity index (χ1) is 7.11. The van der Waals surface area contributed by atoms with E-state index in [-0.39, 0.29) is 0 Å². The lowest BCUT2D eigenvalue weighted by Crippen LogP contribution is -2.10. The van der Waals surface area contributed by atoms with Gasteiger partial charge in [-0.2, -0.15) is 10.2 Å². The second-order valence-corrected chi connectivity index (χ2v) is 4.08. The van der Waals surface area contributed by atoms with Crippen LogP contribution in [0.15, 0.2) is 22.4 Å². The topological polar surface area (TPSA) is 24.7 Å². The van der Waals surface area contributed by atoms with Gasteiger partial charge >= 0.3 is 0 Å². The summed E-state index contributed by atoms with van der Waals surface area (Å²) in [6.45, 7) is 10.3. The van der Waals surface area contributed by atoms with Crippen molar-refractivity contribution in [3.8, 4) is 0 Å². The lowest BCUT2D eigenvalue weighted by molar-refractivity contribution is 0.616. The van der Waals surface area contributed by atoms with Crippen LogP contribution in [0.4, 0.5) is 0 Å². The first-order valence-electron chi connectivity index (χ1n) is 5.78. The third kappa shape index (κ3) is 7.06. The molecule has 0 saturated carbocycles. The van der Waals surface area contributed by atoms with E-state index in [9.17, 15) is 0 Å². The van der Waals surface area contributed by atoms with E-state index >= 15 is 0 Å². The fourth-order valence-corrected chi connectivity index (χ4v) is 1.41. The number of nitrogens with zero attached hydrogens (tertiary/aromatic N) is 2. The molecule has 0 spiro atoms. The van der Waals surface area contributed by atoms with Gasteiger partial charge in [0.2, 0.25) is 0 Å². The van der Waals surface area contributed by atoms with Crippen molar-refractivity contribution in [3.63, 3.8) is 0 Å². The maximum Gasteiger partial charge on any atom is 0.0408 e. The molecular weight excluding hydrogens is 184 g/mol. The Hall–Kier alpha value is -0.920. The molecule has 0 bridgehead atoms. The van der Waals surface area contributed by atoms with Crippen LogP contribution >= 0.6 is 0 Å². The molecular formula is C13H24N2.